The number of nitrogens with one attached hydrogen (secondary N) is 2. The number of piperazine rings is 1. The van der Waals surface area contributed by atoms with E-state index in [1.54, 1.807) is 0 Å². The van der Waals surface area contributed by atoms with E-state index in [4.69, 9.17) is 0 Å². The highest BCUT2D eigenvalue weighted by molar-refractivity contribution is 5.94. The number of aromatic amines is 1. The third-order valence-electron chi connectivity index (χ3n) is 6.54. The Labute approximate surface area is 166 Å². The fourth-order valence-corrected chi connectivity index (χ4v) is 4.64. The summed E-state index contributed by atoms with van der Waals surface area (Å²) < 4.78 is 0. The van der Waals surface area contributed by atoms with Gasteiger partial charge in [0, 0.05) is 70.0 Å². The van der Waals surface area contributed by atoms with Crippen LogP contribution in [0.25, 0.3) is 0 Å². The summed E-state index contributed by atoms with van der Waals surface area (Å²) in [6.45, 7) is 4.85. The normalized spacial score (nSPS) is 21.4. The minimum absolute atomic E-state index is 0.00602. The van der Waals surface area contributed by atoms with Crippen LogP contribution >= 0.6 is 0 Å². The minimum atomic E-state index is 0.00602. The molecule has 1 saturated heterocycles. The molecule has 2 N–H and O–H groups in total. The van der Waals surface area contributed by atoms with Gasteiger partial charge in [0.15, 0.2) is 5.69 Å². The average Bonchev–Trinajstić information content (AvgIpc) is 3.18. The highest BCUT2D eigenvalue weighted by Crippen LogP contribution is 2.22. The second kappa shape index (κ2) is 8.61. The van der Waals surface area contributed by atoms with Gasteiger partial charge in [0.2, 0.25) is 5.91 Å². The number of H-pyrrole nitrogens is 1. The third kappa shape index (κ3) is 4.07. The number of aromatic nitrogens is 2. The summed E-state index contributed by atoms with van der Waals surface area (Å²) in [5, 5.41) is 10.6. The number of likely N-dealkylation sites (N-methyl/N-ethyl adjacent to an activating group) is 1. The Morgan fingerprint density at radius 1 is 1.14 bits per heavy atom. The van der Waals surface area contributed by atoms with E-state index in [0.29, 0.717) is 37.9 Å². The van der Waals surface area contributed by atoms with Crippen molar-refractivity contribution in [2.24, 2.45) is 0 Å². The third-order valence-corrected chi connectivity index (χ3v) is 6.54. The molecule has 2 fully saturated rings. The smallest absolute Gasteiger partial charge is 0.274 e. The Kier molecular flexibility index (Phi) is 5.96. The maximum absolute atomic E-state index is 12.9. The van der Waals surface area contributed by atoms with E-state index in [9.17, 15) is 9.59 Å². The van der Waals surface area contributed by atoms with Crippen molar-refractivity contribution in [3.63, 3.8) is 0 Å². The van der Waals surface area contributed by atoms with Gasteiger partial charge in [0.25, 0.3) is 5.91 Å². The molecule has 3 aliphatic rings. The summed E-state index contributed by atoms with van der Waals surface area (Å²) >= 11 is 0. The molecule has 0 unspecified atom stereocenters. The first kappa shape index (κ1) is 19.4. The van der Waals surface area contributed by atoms with Gasteiger partial charge in [0.05, 0.1) is 6.54 Å². The number of hydrogen-bond donors (Lipinski definition) is 2. The first-order chi connectivity index (χ1) is 13.6. The van der Waals surface area contributed by atoms with E-state index in [2.05, 4.69) is 20.4 Å². The van der Waals surface area contributed by atoms with E-state index in [1.807, 2.05) is 16.8 Å². The monoisotopic (exact) mass is 388 g/mol. The summed E-state index contributed by atoms with van der Waals surface area (Å²) in [6.07, 6.45) is 6.91. The Hall–Kier alpha value is -1.93. The van der Waals surface area contributed by atoms with Crippen molar-refractivity contribution in [1.29, 1.82) is 0 Å². The maximum atomic E-state index is 12.9. The SMILES string of the molecule is CN(C(=O)CN1CCN(C(=O)c2n[nH]c3c2CNCC3)CC1)C1CCCCC1. The molecule has 2 amide bonds. The van der Waals surface area contributed by atoms with Crippen molar-refractivity contribution >= 4 is 11.8 Å². The van der Waals surface area contributed by atoms with Gasteiger partial charge in [-0.3, -0.25) is 19.6 Å². The van der Waals surface area contributed by atoms with E-state index >= 15 is 0 Å². The number of carbonyl (C=O) groups is 2. The van der Waals surface area contributed by atoms with Crippen molar-refractivity contribution in [2.45, 2.75) is 51.1 Å². The molecule has 8 heteroatoms. The topological polar surface area (TPSA) is 84.6 Å². The summed E-state index contributed by atoms with van der Waals surface area (Å²) in [5.41, 5.74) is 2.66. The van der Waals surface area contributed by atoms with E-state index < -0.39 is 0 Å². The van der Waals surface area contributed by atoms with Crippen LogP contribution in [0.3, 0.4) is 0 Å². The fraction of sp³-hybridized carbons (Fsp3) is 0.750. The van der Waals surface area contributed by atoms with Crippen LogP contribution in [-0.4, -0.2) is 89.1 Å². The molecule has 154 valence electrons. The average molecular weight is 389 g/mol. The molecule has 2 aliphatic heterocycles. The Morgan fingerprint density at radius 2 is 1.89 bits per heavy atom. The van der Waals surface area contributed by atoms with Gasteiger partial charge in [-0.25, -0.2) is 0 Å². The van der Waals surface area contributed by atoms with Crippen LogP contribution in [0.1, 0.15) is 53.8 Å². The predicted molar refractivity (Wildman–Crippen MR) is 106 cm³/mol. The molecule has 0 radical (unpaired) electrons. The lowest BCUT2D eigenvalue weighted by molar-refractivity contribution is -0.134. The molecule has 8 nitrogen and oxygen atoms in total. The first-order valence-electron chi connectivity index (χ1n) is 10.7. The van der Waals surface area contributed by atoms with Crippen LogP contribution < -0.4 is 5.32 Å². The van der Waals surface area contributed by atoms with Gasteiger partial charge in [-0.15, -0.1) is 0 Å². The van der Waals surface area contributed by atoms with E-state index in [1.165, 1.54) is 19.3 Å². The molecule has 1 saturated carbocycles. The van der Waals surface area contributed by atoms with Crippen molar-refractivity contribution < 1.29 is 9.59 Å². The zero-order valence-corrected chi connectivity index (χ0v) is 16.9. The van der Waals surface area contributed by atoms with Gasteiger partial charge in [-0.2, -0.15) is 5.10 Å². The number of amides is 2. The molecule has 0 bridgehead atoms. The van der Waals surface area contributed by atoms with E-state index in [-0.39, 0.29) is 11.8 Å². The Morgan fingerprint density at radius 3 is 2.64 bits per heavy atom. The lowest BCUT2D eigenvalue weighted by Crippen LogP contribution is -2.52. The zero-order valence-electron chi connectivity index (χ0n) is 16.9. The lowest BCUT2D eigenvalue weighted by atomic mass is 9.94. The van der Waals surface area contributed by atoms with Gasteiger partial charge in [-0.05, 0) is 12.8 Å². The molecular weight excluding hydrogens is 356 g/mol. The molecule has 0 aromatic carbocycles. The minimum Gasteiger partial charge on any atom is -0.342 e. The second-order valence-corrected chi connectivity index (χ2v) is 8.32. The quantitative estimate of drug-likeness (QED) is 0.789. The number of fused-ring (bicyclic) bond motifs is 1. The predicted octanol–water partition coefficient (Wildman–Crippen LogP) is 0.604. The second-order valence-electron chi connectivity index (χ2n) is 8.32. The van der Waals surface area contributed by atoms with Crippen molar-refractivity contribution in [3.05, 3.63) is 17.0 Å². The molecule has 1 aromatic rings. The van der Waals surface area contributed by atoms with Crippen LogP contribution in [0.15, 0.2) is 0 Å². The maximum Gasteiger partial charge on any atom is 0.274 e. The number of carbonyl (C=O) groups excluding carboxylic acids is 2. The summed E-state index contributed by atoms with van der Waals surface area (Å²) in [7, 11) is 1.95. The summed E-state index contributed by atoms with van der Waals surface area (Å²) in [5.74, 6) is 0.214. The number of rotatable bonds is 4. The molecule has 3 heterocycles. The molecular formula is C20H32N6O2. The van der Waals surface area contributed by atoms with Crippen molar-refractivity contribution in [1.82, 2.24) is 30.2 Å². The fourth-order valence-electron chi connectivity index (χ4n) is 4.64. The highest BCUT2D eigenvalue weighted by Gasteiger charge is 2.29. The Balaban J connectivity index is 1.28. The largest absolute Gasteiger partial charge is 0.342 e. The van der Waals surface area contributed by atoms with Crippen LogP contribution in [-0.2, 0) is 17.8 Å². The zero-order chi connectivity index (χ0) is 19.5. The lowest BCUT2D eigenvalue weighted by Gasteiger charge is -2.36. The van der Waals surface area contributed by atoms with Gasteiger partial charge in [-0.1, -0.05) is 19.3 Å². The summed E-state index contributed by atoms with van der Waals surface area (Å²) in [4.78, 5) is 31.6. The number of nitrogens with zero attached hydrogens (tertiary/aromatic N) is 4. The van der Waals surface area contributed by atoms with Gasteiger partial charge < -0.3 is 15.1 Å². The molecule has 1 aromatic heterocycles. The van der Waals surface area contributed by atoms with E-state index in [0.717, 1.165) is 50.2 Å². The Bertz CT molecular complexity index is 704. The van der Waals surface area contributed by atoms with Gasteiger partial charge >= 0.3 is 0 Å². The standard InChI is InChI=1S/C20H32N6O2/c1-24(15-5-3-2-4-6-15)18(27)14-25-9-11-26(12-10-25)20(28)19-16-13-21-8-7-17(16)22-23-19/h15,21H,2-14H2,1H3,(H,22,23). The number of hydrogen-bond acceptors (Lipinski definition) is 5. The van der Waals surface area contributed by atoms with Gasteiger partial charge in [0.1, 0.15) is 0 Å². The molecule has 1 aliphatic carbocycles. The first-order valence-corrected chi connectivity index (χ1v) is 10.7. The highest BCUT2D eigenvalue weighted by atomic mass is 16.2. The van der Waals surface area contributed by atoms with Crippen LogP contribution in [0.5, 0.6) is 0 Å². The molecule has 0 spiro atoms. The molecule has 0 atom stereocenters. The summed E-state index contributed by atoms with van der Waals surface area (Å²) in [6, 6.07) is 0.406. The van der Waals surface area contributed by atoms with Crippen molar-refractivity contribution in [3.8, 4) is 0 Å². The molecule has 4 rings (SSSR count). The van der Waals surface area contributed by atoms with Crippen molar-refractivity contribution in [2.75, 3.05) is 46.3 Å². The van der Waals surface area contributed by atoms with Crippen LogP contribution in [0, 0.1) is 0 Å². The molecule has 28 heavy (non-hydrogen) atoms. The van der Waals surface area contributed by atoms with Crippen LogP contribution in [0.4, 0.5) is 0 Å². The van der Waals surface area contributed by atoms with Crippen LogP contribution in [0.2, 0.25) is 0 Å².